The molecule has 0 aliphatic rings. The number of aromatic nitrogens is 4. The number of nitrogens with one attached hydrogen (secondary N) is 1. The van der Waals surface area contributed by atoms with Gasteiger partial charge >= 0.3 is 0 Å². The van der Waals surface area contributed by atoms with Gasteiger partial charge in [0.15, 0.2) is 14.6 Å². The lowest BCUT2D eigenvalue weighted by Gasteiger charge is -2.25. The number of nitrogens with zero attached hydrogens (tertiary/aromatic N) is 4. The van der Waals surface area contributed by atoms with Crippen LogP contribution in [-0.4, -0.2) is 50.1 Å². The maximum atomic E-state index is 12.2. The van der Waals surface area contributed by atoms with Gasteiger partial charge in [0, 0.05) is 29.9 Å². The van der Waals surface area contributed by atoms with Crippen molar-refractivity contribution in [1.29, 1.82) is 0 Å². The fraction of sp³-hybridized carbons (Fsp3) is 0.227. The molecule has 10 heteroatoms. The van der Waals surface area contributed by atoms with E-state index in [0.717, 1.165) is 34.0 Å². The molecule has 0 saturated heterocycles. The first kappa shape index (κ1) is 21.7. The van der Waals surface area contributed by atoms with Crippen molar-refractivity contribution in [2.45, 2.75) is 24.6 Å². The summed E-state index contributed by atoms with van der Waals surface area (Å²) in [5.41, 5.74) is 5.35. The molecule has 166 valence electrons. The van der Waals surface area contributed by atoms with Gasteiger partial charge in [-0.1, -0.05) is 18.2 Å². The summed E-state index contributed by atoms with van der Waals surface area (Å²) in [6.07, 6.45) is 6.13. The van der Waals surface area contributed by atoms with Crippen molar-refractivity contribution in [3.05, 3.63) is 67.1 Å². The summed E-state index contributed by atoms with van der Waals surface area (Å²) < 4.78 is 24.5. The maximum absolute atomic E-state index is 12.2. The van der Waals surface area contributed by atoms with Crippen LogP contribution < -0.4 is 5.48 Å². The maximum Gasteiger partial charge on any atom is 0.264 e. The van der Waals surface area contributed by atoms with Crippen LogP contribution in [0.5, 0.6) is 0 Å². The minimum Gasteiger partial charge on any atom is -0.347 e. The lowest BCUT2D eigenvalue weighted by Crippen LogP contribution is -2.49. The van der Waals surface area contributed by atoms with Gasteiger partial charge in [-0.25, -0.2) is 13.9 Å². The second-order valence-electron chi connectivity index (χ2n) is 7.84. The van der Waals surface area contributed by atoms with Gasteiger partial charge in [0.05, 0.1) is 18.1 Å². The Morgan fingerprint density at radius 2 is 1.72 bits per heavy atom. The van der Waals surface area contributed by atoms with Crippen molar-refractivity contribution < 1.29 is 18.4 Å². The molecule has 0 aliphatic carbocycles. The number of sulfone groups is 1. The molecule has 0 fully saturated rings. The quantitative estimate of drug-likeness (QED) is 0.328. The first-order chi connectivity index (χ1) is 15.2. The van der Waals surface area contributed by atoms with Crippen LogP contribution in [0.4, 0.5) is 0 Å². The normalized spacial score (nSPS) is 13.7. The van der Waals surface area contributed by atoms with E-state index in [4.69, 9.17) is 5.21 Å². The number of hydrogen-bond acceptors (Lipinski definition) is 6. The van der Waals surface area contributed by atoms with E-state index in [9.17, 15) is 13.2 Å². The van der Waals surface area contributed by atoms with Crippen LogP contribution in [0.25, 0.3) is 27.7 Å². The number of carbonyl (C=O) groups is 1. The van der Waals surface area contributed by atoms with Crippen LogP contribution in [0.2, 0.25) is 0 Å². The van der Waals surface area contributed by atoms with Gasteiger partial charge < -0.3 is 4.57 Å². The van der Waals surface area contributed by atoms with Crippen molar-refractivity contribution in [3.8, 4) is 16.8 Å². The predicted molar refractivity (Wildman–Crippen MR) is 120 cm³/mol. The van der Waals surface area contributed by atoms with Crippen LogP contribution >= 0.6 is 0 Å². The molecule has 4 aromatic rings. The summed E-state index contributed by atoms with van der Waals surface area (Å²) in [4.78, 5) is 13.6. The van der Waals surface area contributed by atoms with Crippen molar-refractivity contribution in [2.24, 2.45) is 0 Å². The van der Waals surface area contributed by atoms with Gasteiger partial charge in [-0.05, 0) is 54.8 Å². The van der Waals surface area contributed by atoms with E-state index in [1.165, 1.54) is 12.4 Å². The molecule has 1 amide bonds. The molecule has 2 heterocycles. The topological polar surface area (TPSA) is 119 Å². The minimum absolute atomic E-state index is 0.0205. The first-order valence-electron chi connectivity index (χ1n) is 9.93. The van der Waals surface area contributed by atoms with E-state index in [1.807, 2.05) is 53.2 Å². The van der Waals surface area contributed by atoms with Gasteiger partial charge in [0.2, 0.25) is 0 Å². The number of amides is 1. The average molecular weight is 454 g/mol. The molecule has 0 bridgehead atoms. The molecular weight excluding hydrogens is 430 g/mol. The highest BCUT2D eigenvalue weighted by Crippen LogP contribution is 2.28. The van der Waals surface area contributed by atoms with Gasteiger partial charge in [0.25, 0.3) is 5.91 Å². The summed E-state index contributed by atoms with van der Waals surface area (Å²) in [6.45, 7) is 1.62. The lowest BCUT2D eigenvalue weighted by molar-refractivity contribution is -0.131. The molecule has 9 nitrogen and oxygen atoms in total. The monoisotopic (exact) mass is 453 g/mol. The van der Waals surface area contributed by atoms with Crippen LogP contribution in [-0.2, 0) is 21.2 Å². The summed E-state index contributed by atoms with van der Waals surface area (Å²) in [5.74, 6) is -0.937. The Balaban J connectivity index is 1.57. The van der Waals surface area contributed by atoms with Crippen LogP contribution in [0.15, 0.2) is 67.1 Å². The average Bonchev–Trinajstić information content (AvgIpc) is 3.46. The molecule has 0 spiro atoms. The third-order valence-electron chi connectivity index (χ3n) is 5.85. The van der Waals surface area contributed by atoms with E-state index in [2.05, 4.69) is 16.3 Å². The standard InChI is InChI=1S/C22H23N5O4S/c1-22(21(28)25-29,32(2,30)31)10-14-26-13-9-18-15-17(5-8-20(18)26)16-3-6-19(7-4-16)27-23-11-12-24-27/h3-9,11-13,15,29H,10,14H2,1-2H3,(H,25,28). The van der Waals surface area contributed by atoms with Gasteiger partial charge in [-0.15, -0.1) is 0 Å². The molecule has 1 atom stereocenters. The van der Waals surface area contributed by atoms with Crippen molar-refractivity contribution in [1.82, 2.24) is 25.0 Å². The molecule has 0 saturated carbocycles. The van der Waals surface area contributed by atoms with Gasteiger partial charge in [0.1, 0.15) is 0 Å². The first-order valence-corrected chi connectivity index (χ1v) is 11.8. The van der Waals surface area contributed by atoms with E-state index >= 15 is 0 Å². The Morgan fingerprint density at radius 1 is 1.06 bits per heavy atom. The molecule has 1 unspecified atom stereocenters. The number of hydroxylamine groups is 1. The Labute approximate surface area is 185 Å². The molecule has 2 N–H and O–H groups in total. The Kier molecular flexibility index (Phi) is 5.57. The Bertz CT molecular complexity index is 1360. The number of carbonyl (C=O) groups excluding carboxylic acids is 1. The molecule has 2 aromatic heterocycles. The van der Waals surface area contributed by atoms with Gasteiger partial charge in [-0.2, -0.15) is 15.0 Å². The summed E-state index contributed by atoms with van der Waals surface area (Å²) in [7, 11) is -3.74. The van der Waals surface area contributed by atoms with Crippen molar-refractivity contribution >= 4 is 26.6 Å². The van der Waals surface area contributed by atoms with Crippen LogP contribution in [0.3, 0.4) is 0 Å². The molecule has 0 radical (unpaired) electrons. The lowest BCUT2D eigenvalue weighted by atomic mass is 10.0. The highest BCUT2D eigenvalue weighted by molar-refractivity contribution is 7.92. The number of fused-ring (bicyclic) bond motifs is 1. The Hall–Kier alpha value is -3.50. The van der Waals surface area contributed by atoms with Crippen LogP contribution in [0, 0.1) is 0 Å². The SMILES string of the molecule is CC(CCn1ccc2cc(-c3ccc(-n4nccn4)cc3)ccc21)(C(=O)NO)S(C)(=O)=O. The third kappa shape index (κ3) is 3.90. The van der Waals surface area contributed by atoms with Crippen molar-refractivity contribution in [2.75, 3.05) is 6.26 Å². The van der Waals surface area contributed by atoms with Crippen LogP contribution in [0.1, 0.15) is 13.3 Å². The number of rotatable bonds is 7. The van der Waals surface area contributed by atoms with E-state index in [1.54, 1.807) is 17.2 Å². The molecule has 2 aromatic carbocycles. The smallest absolute Gasteiger partial charge is 0.264 e. The fourth-order valence-corrected chi connectivity index (χ4v) is 4.47. The zero-order valence-corrected chi connectivity index (χ0v) is 18.5. The predicted octanol–water partition coefficient (Wildman–Crippen LogP) is 2.59. The molecule has 32 heavy (non-hydrogen) atoms. The largest absolute Gasteiger partial charge is 0.347 e. The van der Waals surface area contributed by atoms with E-state index < -0.39 is 20.5 Å². The molecule has 4 rings (SSSR count). The van der Waals surface area contributed by atoms with Crippen molar-refractivity contribution in [3.63, 3.8) is 0 Å². The van der Waals surface area contributed by atoms with Gasteiger partial charge in [-0.3, -0.25) is 10.0 Å². The van der Waals surface area contributed by atoms with E-state index in [-0.39, 0.29) is 6.42 Å². The summed E-state index contributed by atoms with van der Waals surface area (Å²) >= 11 is 0. The zero-order chi connectivity index (χ0) is 22.9. The zero-order valence-electron chi connectivity index (χ0n) is 17.6. The minimum atomic E-state index is -3.74. The summed E-state index contributed by atoms with van der Waals surface area (Å²) in [6, 6.07) is 15.9. The second-order valence-corrected chi connectivity index (χ2v) is 10.3. The number of benzene rings is 2. The fourth-order valence-electron chi connectivity index (χ4n) is 3.63. The highest BCUT2D eigenvalue weighted by atomic mass is 32.2. The number of hydrogen-bond donors (Lipinski definition) is 2. The third-order valence-corrected chi connectivity index (χ3v) is 7.88. The number of aryl methyl sites for hydroxylation is 1. The second kappa shape index (κ2) is 8.21. The van der Waals surface area contributed by atoms with E-state index in [0.29, 0.717) is 6.54 Å². The summed E-state index contributed by atoms with van der Waals surface area (Å²) in [5, 5.41) is 18.2. The molecular formula is C22H23N5O4S. The Morgan fingerprint density at radius 3 is 2.34 bits per heavy atom. The highest BCUT2D eigenvalue weighted by Gasteiger charge is 2.43. The molecule has 0 aliphatic heterocycles.